The molecule has 0 amide bonds. The van der Waals surface area contributed by atoms with Crippen LogP contribution in [-0.2, 0) is 28.5 Å². The number of carbonyl (C=O) groups excluding carboxylic acids is 1. The highest BCUT2D eigenvalue weighted by molar-refractivity contribution is 9.09. The van der Waals surface area contributed by atoms with Crippen molar-refractivity contribution in [2.24, 2.45) is 0 Å². The van der Waals surface area contributed by atoms with E-state index in [1.807, 2.05) is 0 Å². The minimum atomic E-state index is -0.116. The third kappa shape index (κ3) is 29.8. The van der Waals surface area contributed by atoms with E-state index in [9.17, 15) is 4.79 Å². The van der Waals surface area contributed by atoms with Crippen molar-refractivity contribution < 1.29 is 28.5 Å². The van der Waals surface area contributed by atoms with Crippen LogP contribution in [0.4, 0.5) is 0 Å². The van der Waals surface area contributed by atoms with Gasteiger partial charge in [0.05, 0.1) is 52.9 Å². The Labute approximate surface area is 211 Å². The molecule has 0 fully saturated rings. The fourth-order valence-electron chi connectivity index (χ4n) is 3.39. The van der Waals surface area contributed by atoms with E-state index in [1.165, 1.54) is 70.6 Å². The van der Waals surface area contributed by atoms with Gasteiger partial charge in [-0.05, 0) is 6.42 Å². The summed E-state index contributed by atoms with van der Waals surface area (Å²) < 4.78 is 26.7. The number of unbranched alkanes of at least 4 members (excludes halogenated alkanes) is 12. The van der Waals surface area contributed by atoms with Crippen molar-refractivity contribution in [2.75, 3.05) is 64.8 Å². The van der Waals surface area contributed by atoms with Crippen LogP contribution in [0.2, 0.25) is 0 Å². The lowest BCUT2D eigenvalue weighted by molar-refractivity contribution is -0.145. The van der Waals surface area contributed by atoms with Gasteiger partial charge in [-0.25, -0.2) is 0 Å². The maximum absolute atomic E-state index is 11.7. The van der Waals surface area contributed by atoms with Crippen molar-refractivity contribution in [3.63, 3.8) is 0 Å². The second-order valence-electron chi connectivity index (χ2n) is 8.35. The summed E-state index contributed by atoms with van der Waals surface area (Å²) in [6, 6.07) is 0. The van der Waals surface area contributed by atoms with Crippen LogP contribution in [0.5, 0.6) is 0 Å². The monoisotopic (exact) mass is 538 g/mol. The zero-order valence-corrected chi connectivity index (χ0v) is 22.9. The molecular weight excluding hydrogens is 488 g/mol. The molecular formula is C26H51BrO6. The average Bonchev–Trinajstić information content (AvgIpc) is 2.82. The molecule has 7 heteroatoms. The molecule has 0 aromatic heterocycles. The molecule has 0 bridgehead atoms. The van der Waals surface area contributed by atoms with Crippen molar-refractivity contribution in [3.8, 4) is 0 Å². The van der Waals surface area contributed by atoms with Crippen LogP contribution >= 0.6 is 15.9 Å². The van der Waals surface area contributed by atoms with Gasteiger partial charge in [0.2, 0.25) is 0 Å². The van der Waals surface area contributed by atoms with Crippen LogP contribution in [0, 0.1) is 0 Å². The summed E-state index contributed by atoms with van der Waals surface area (Å²) in [6.45, 7) is 6.97. The summed E-state index contributed by atoms with van der Waals surface area (Å²) >= 11 is 3.30. The van der Waals surface area contributed by atoms with Crippen LogP contribution < -0.4 is 0 Å². The van der Waals surface area contributed by atoms with E-state index in [0.717, 1.165) is 18.2 Å². The van der Waals surface area contributed by atoms with Crippen molar-refractivity contribution in [3.05, 3.63) is 0 Å². The van der Waals surface area contributed by atoms with E-state index in [1.54, 1.807) is 0 Å². The molecule has 0 saturated carbocycles. The van der Waals surface area contributed by atoms with Gasteiger partial charge in [0.1, 0.15) is 6.61 Å². The Morgan fingerprint density at radius 1 is 0.515 bits per heavy atom. The Morgan fingerprint density at radius 2 is 0.879 bits per heavy atom. The second kappa shape index (κ2) is 29.8. The summed E-state index contributed by atoms with van der Waals surface area (Å²) in [4.78, 5) is 11.7. The van der Waals surface area contributed by atoms with E-state index in [2.05, 4.69) is 22.9 Å². The molecule has 198 valence electrons. The highest BCUT2D eigenvalue weighted by Crippen LogP contribution is 2.13. The Balaban J connectivity index is 3.14. The molecule has 0 N–H and O–H groups in total. The van der Waals surface area contributed by atoms with Gasteiger partial charge in [-0.15, -0.1) is 0 Å². The summed E-state index contributed by atoms with van der Waals surface area (Å²) in [7, 11) is 0. The molecule has 0 atom stereocenters. The molecule has 0 heterocycles. The highest BCUT2D eigenvalue weighted by Gasteiger charge is 2.02. The number of hydrogen-bond donors (Lipinski definition) is 0. The molecule has 0 aliphatic carbocycles. The SMILES string of the molecule is CCCCCCCCCCCCCCCC(=O)OCCOCCOCCOCCOCCBr. The highest BCUT2D eigenvalue weighted by atomic mass is 79.9. The third-order valence-corrected chi connectivity index (χ3v) is 5.64. The number of hydrogen-bond acceptors (Lipinski definition) is 6. The van der Waals surface area contributed by atoms with Gasteiger partial charge in [0.25, 0.3) is 0 Å². The van der Waals surface area contributed by atoms with Gasteiger partial charge in [-0.2, -0.15) is 0 Å². The molecule has 0 radical (unpaired) electrons. The maximum atomic E-state index is 11.7. The summed E-state index contributed by atoms with van der Waals surface area (Å²) in [5.41, 5.74) is 0. The fraction of sp³-hybridized carbons (Fsp3) is 0.962. The number of carbonyl (C=O) groups is 1. The van der Waals surface area contributed by atoms with Crippen molar-refractivity contribution >= 4 is 21.9 Å². The van der Waals surface area contributed by atoms with Crippen molar-refractivity contribution in [1.82, 2.24) is 0 Å². The van der Waals surface area contributed by atoms with Crippen molar-refractivity contribution in [1.29, 1.82) is 0 Å². The van der Waals surface area contributed by atoms with Crippen LogP contribution in [0.25, 0.3) is 0 Å². The van der Waals surface area contributed by atoms with E-state index in [0.29, 0.717) is 65.9 Å². The molecule has 0 aromatic rings. The molecule has 0 unspecified atom stereocenters. The van der Waals surface area contributed by atoms with Crippen LogP contribution in [0.15, 0.2) is 0 Å². The van der Waals surface area contributed by atoms with Gasteiger partial charge in [0.15, 0.2) is 0 Å². The van der Waals surface area contributed by atoms with E-state index >= 15 is 0 Å². The number of esters is 1. The van der Waals surface area contributed by atoms with Gasteiger partial charge in [-0.3, -0.25) is 4.79 Å². The quantitative estimate of drug-likeness (QED) is 0.0645. The largest absolute Gasteiger partial charge is 0.463 e. The van der Waals surface area contributed by atoms with Gasteiger partial charge < -0.3 is 23.7 Å². The Hall–Kier alpha value is -0.210. The molecule has 6 nitrogen and oxygen atoms in total. The molecule has 0 aliphatic rings. The summed E-state index contributed by atoms with van der Waals surface area (Å²) in [5, 5.41) is 0.842. The zero-order valence-electron chi connectivity index (χ0n) is 21.3. The second-order valence-corrected chi connectivity index (χ2v) is 9.14. The Morgan fingerprint density at radius 3 is 1.30 bits per heavy atom. The van der Waals surface area contributed by atoms with E-state index in [4.69, 9.17) is 23.7 Å². The van der Waals surface area contributed by atoms with Crippen LogP contribution in [-0.4, -0.2) is 70.8 Å². The first kappa shape index (κ1) is 32.8. The van der Waals surface area contributed by atoms with Crippen LogP contribution in [0.3, 0.4) is 0 Å². The van der Waals surface area contributed by atoms with Crippen molar-refractivity contribution in [2.45, 2.75) is 96.8 Å². The number of rotatable bonds is 28. The molecule has 0 aliphatic heterocycles. The molecule has 33 heavy (non-hydrogen) atoms. The zero-order chi connectivity index (χ0) is 24.1. The topological polar surface area (TPSA) is 63.2 Å². The summed E-state index contributed by atoms with van der Waals surface area (Å²) in [5.74, 6) is -0.116. The molecule has 0 saturated heterocycles. The Bertz CT molecular complexity index is 384. The standard InChI is InChI=1S/C26H51BrO6/c1-2-3-4-5-6-7-8-9-10-11-12-13-14-15-26(28)33-25-24-32-23-22-31-21-20-30-19-18-29-17-16-27/h2-25H2,1H3. The molecule has 0 aromatic carbocycles. The first-order valence-corrected chi connectivity index (χ1v) is 14.5. The minimum absolute atomic E-state index is 0.116. The van der Waals surface area contributed by atoms with E-state index < -0.39 is 0 Å². The first-order valence-electron chi connectivity index (χ1n) is 13.3. The maximum Gasteiger partial charge on any atom is 0.305 e. The lowest BCUT2D eigenvalue weighted by Crippen LogP contribution is -2.14. The predicted octanol–water partition coefficient (Wildman–Crippen LogP) is 6.47. The lowest BCUT2D eigenvalue weighted by Gasteiger charge is -2.08. The third-order valence-electron chi connectivity index (χ3n) is 5.31. The lowest BCUT2D eigenvalue weighted by atomic mass is 10.0. The molecule has 0 rings (SSSR count). The molecule has 0 spiro atoms. The number of ether oxygens (including phenoxy) is 5. The van der Waals surface area contributed by atoms with Crippen LogP contribution in [0.1, 0.15) is 96.8 Å². The fourth-order valence-corrected chi connectivity index (χ4v) is 3.62. The smallest absolute Gasteiger partial charge is 0.305 e. The first-order chi connectivity index (χ1) is 16.3. The predicted molar refractivity (Wildman–Crippen MR) is 138 cm³/mol. The normalized spacial score (nSPS) is 11.2. The van der Waals surface area contributed by atoms with Gasteiger partial charge in [0, 0.05) is 11.8 Å². The average molecular weight is 540 g/mol. The van der Waals surface area contributed by atoms with Gasteiger partial charge in [-0.1, -0.05) is 99.9 Å². The number of alkyl halides is 1. The number of halogens is 1. The Kier molecular flexibility index (Phi) is 29.6. The van der Waals surface area contributed by atoms with Gasteiger partial charge >= 0.3 is 5.97 Å². The summed E-state index contributed by atoms with van der Waals surface area (Å²) in [6.07, 6.45) is 17.5. The minimum Gasteiger partial charge on any atom is -0.463 e. The van der Waals surface area contributed by atoms with E-state index in [-0.39, 0.29) is 5.97 Å².